The monoisotopic (exact) mass is 866 g/mol. The van der Waals surface area contributed by atoms with Crippen molar-refractivity contribution >= 4 is 71.6 Å². The first kappa shape index (κ1) is 38.4. The molecule has 318 valence electrons. The van der Waals surface area contributed by atoms with E-state index in [0.717, 1.165) is 66.8 Å². The summed E-state index contributed by atoms with van der Waals surface area (Å²) in [6.07, 6.45) is 0. The van der Waals surface area contributed by atoms with Gasteiger partial charge in [-0.3, -0.25) is 0 Å². The molecule has 0 amide bonds. The Morgan fingerprint density at radius 1 is 0.353 bits per heavy atom. The normalized spacial score (nSPS) is 12.8. The van der Waals surface area contributed by atoms with Gasteiger partial charge in [0.1, 0.15) is 5.58 Å². The summed E-state index contributed by atoms with van der Waals surface area (Å²) in [5.74, 6) is 0. The van der Waals surface area contributed by atoms with Crippen molar-refractivity contribution in [2.24, 2.45) is 0 Å². The molecule has 3 nitrogen and oxygen atoms in total. The fraction of sp³-hybridized carbons (Fsp3) is 0.0154. The SMILES string of the molecule is c1ccc(C2(c3ccccc3)c3ccccc3-c3ccc(N(c4cccc(-c5ccc6c(c5)c5ccccc5n6-c5cccc6c5oc5ccccc56)c4)c4ccc5ccccc5c4)cc32)cc1. The van der Waals surface area contributed by atoms with Crippen LogP contribution >= 0.6 is 0 Å². The Balaban J connectivity index is 0.958. The lowest BCUT2D eigenvalue weighted by molar-refractivity contribution is 0.666. The lowest BCUT2D eigenvalue weighted by atomic mass is 9.67. The molecule has 0 unspecified atom stereocenters. The molecule has 14 rings (SSSR count). The second kappa shape index (κ2) is 15.1. The first-order valence-corrected chi connectivity index (χ1v) is 23.4. The summed E-state index contributed by atoms with van der Waals surface area (Å²) in [5.41, 5.74) is 17.7. The summed E-state index contributed by atoms with van der Waals surface area (Å²) in [7, 11) is 0. The molecule has 0 saturated heterocycles. The van der Waals surface area contributed by atoms with Crippen LogP contribution in [-0.2, 0) is 5.41 Å². The van der Waals surface area contributed by atoms with Gasteiger partial charge in [-0.2, -0.15) is 0 Å². The average molecular weight is 867 g/mol. The molecule has 2 heterocycles. The molecule has 1 aliphatic carbocycles. The van der Waals surface area contributed by atoms with E-state index in [2.05, 4.69) is 258 Å². The summed E-state index contributed by atoms with van der Waals surface area (Å²) in [5, 5.41) is 7.05. The number of furan rings is 1. The van der Waals surface area contributed by atoms with Gasteiger partial charge in [0.2, 0.25) is 0 Å². The van der Waals surface area contributed by atoms with E-state index < -0.39 is 5.41 Å². The Kier molecular flexibility index (Phi) is 8.50. The fourth-order valence-corrected chi connectivity index (χ4v) is 11.5. The molecule has 13 aromatic rings. The van der Waals surface area contributed by atoms with E-state index in [4.69, 9.17) is 4.42 Å². The van der Waals surface area contributed by atoms with Gasteiger partial charge in [-0.1, -0.05) is 188 Å². The summed E-state index contributed by atoms with van der Waals surface area (Å²) in [6.45, 7) is 0. The third-order valence-electron chi connectivity index (χ3n) is 14.4. The zero-order valence-electron chi connectivity index (χ0n) is 37.1. The predicted octanol–water partition coefficient (Wildman–Crippen LogP) is 17.3. The predicted molar refractivity (Wildman–Crippen MR) is 283 cm³/mol. The van der Waals surface area contributed by atoms with Gasteiger partial charge < -0.3 is 13.9 Å². The molecule has 0 bridgehead atoms. The van der Waals surface area contributed by atoms with E-state index in [9.17, 15) is 0 Å². The second-order valence-electron chi connectivity index (χ2n) is 18.0. The van der Waals surface area contributed by atoms with Gasteiger partial charge in [-0.25, -0.2) is 0 Å². The molecular formula is C65H42N2O. The van der Waals surface area contributed by atoms with Crippen molar-refractivity contribution in [3.05, 3.63) is 277 Å². The minimum Gasteiger partial charge on any atom is -0.454 e. The molecule has 0 aliphatic heterocycles. The Hall–Kier alpha value is -8.92. The van der Waals surface area contributed by atoms with Gasteiger partial charge in [0, 0.05) is 38.6 Å². The molecule has 2 aromatic heterocycles. The average Bonchev–Trinajstić information content (AvgIpc) is 4.05. The van der Waals surface area contributed by atoms with E-state index in [0.29, 0.717) is 0 Å². The minimum absolute atomic E-state index is 0.522. The van der Waals surface area contributed by atoms with Crippen molar-refractivity contribution in [1.82, 2.24) is 4.57 Å². The number of aromatic nitrogens is 1. The first-order valence-electron chi connectivity index (χ1n) is 23.4. The number of anilines is 3. The molecule has 0 fully saturated rings. The van der Waals surface area contributed by atoms with Crippen molar-refractivity contribution in [3.8, 4) is 27.9 Å². The van der Waals surface area contributed by atoms with Crippen LogP contribution in [0.25, 0.3) is 82.5 Å². The molecule has 68 heavy (non-hydrogen) atoms. The van der Waals surface area contributed by atoms with E-state index in [1.54, 1.807) is 0 Å². The smallest absolute Gasteiger partial charge is 0.159 e. The molecule has 3 heteroatoms. The van der Waals surface area contributed by atoms with Gasteiger partial charge in [0.25, 0.3) is 0 Å². The quantitative estimate of drug-likeness (QED) is 0.159. The molecular weight excluding hydrogens is 825 g/mol. The summed E-state index contributed by atoms with van der Waals surface area (Å²) < 4.78 is 8.97. The maximum atomic E-state index is 6.60. The highest BCUT2D eigenvalue weighted by molar-refractivity contribution is 6.13. The zero-order chi connectivity index (χ0) is 44.8. The van der Waals surface area contributed by atoms with E-state index in [1.807, 2.05) is 6.07 Å². The highest BCUT2D eigenvalue weighted by Gasteiger charge is 2.46. The lowest BCUT2D eigenvalue weighted by Gasteiger charge is -2.35. The Morgan fingerprint density at radius 2 is 0.971 bits per heavy atom. The van der Waals surface area contributed by atoms with Gasteiger partial charge in [0.05, 0.1) is 22.1 Å². The van der Waals surface area contributed by atoms with Crippen LogP contribution in [-0.4, -0.2) is 4.57 Å². The maximum Gasteiger partial charge on any atom is 0.159 e. The molecule has 11 aromatic carbocycles. The van der Waals surface area contributed by atoms with Crippen LogP contribution in [0, 0.1) is 0 Å². The highest BCUT2D eigenvalue weighted by Crippen LogP contribution is 2.57. The van der Waals surface area contributed by atoms with Crippen LogP contribution in [0.4, 0.5) is 17.1 Å². The molecule has 0 spiro atoms. The standard InChI is InChI=1S/C65H42N2O/c1-3-20-47(21-4-1)65(48-22-5-2-6-23-48)58-29-12-9-25-52(58)53-37-36-51(42-59(53)65)66(50-35-33-43-17-7-8-18-44(43)39-50)49-24-15-19-45(40-49)46-34-38-61-57(41-46)54-26-10-13-30-60(54)67(61)62-31-16-28-56-55-27-11-14-32-63(55)68-64(56)62/h1-42H. The van der Waals surface area contributed by atoms with Crippen molar-refractivity contribution in [2.45, 2.75) is 5.41 Å². The van der Waals surface area contributed by atoms with Crippen molar-refractivity contribution in [2.75, 3.05) is 4.90 Å². The van der Waals surface area contributed by atoms with Gasteiger partial charge in [-0.05, 0) is 122 Å². The van der Waals surface area contributed by atoms with Crippen LogP contribution < -0.4 is 4.90 Å². The second-order valence-corrected chi connectivity index (χ2v) is 18.0. The summed E-state index contributed by atoms with van der Waals surface area (Å²) >= 11 is 0. The summed E-state index contributed by atoms with van der Waals surface area (Å²) in [4.78, 5) is 2.44. The fourth-order valence-electron chi connectivity index (χ4n) is 11.5. The number of hydrogen-bond donors (Lipinski definition) is 0. The number of nitrogens with zero attached hydrogens (tertiary/aromatic N) is 2. The Labute approximate surface area is 394 Å². The third-order valence-corrected chi connectivity index (χ3v) is 14.4. The zero-order valence-corrected chi connectivity index (χ0v) is 37.1. The van der Waals surface area contributed by atoms with Crippen LogP contribution in [0.3, 0.4) is 0 Å². The topological polar surface area (TPSA) is 21.3 Å². The van der Waals surface area contributed by atoms with Crippen molar-refractivity contribution in [1.29, 1.82) is 0 Å². The Bertz CT molecular complexity index is 4060. The molecule has 0 saturated carbocycles. The maximum absolute atomic E-state index is 6.60. The molecule has 1 aliphatic rings. The van der Waals surface area contributed by atoms with Gasteiger partial charge in [-0.15, -0.1) is 0 Å². The number of hydrogen-bond acceptors (Lipinski definition) is 2. The van der Waals surface area contributed by atoms with Crippen LogP contribution in [0.15, 0.2) is 259 Å². The van der Waals surface area contributed by atoms with Crippen molar-refractivity contribution < 1.29 is 4.42 Å². The van der Waals surface area contributed by atoms with Crippen molar-refractivity contribution in [3.63, 3.8) is 0 Å². The molecule has 0 atom stereocenters. The van der Waals surface area contributed by atoms with Gasteiger partial charge in [0.15, 0.2) is 5.58 Å². The minimum atomic E-state index is -0.522. The lowest BCUT2D eigenvalue weighted by Crippen LogP contribution is -2.28. The Morgan fingerprint density at radius 3 is 1.82 bits per heavy atom. The molecule has 0 radical (unpaired) electrons. The number of rotatable bonds is 7. The van der Waals surface area contributed by atoms with Gasteiger partial charge >= 0.3 is 0 Å². The van der Waals surface area contributed by atoms with E-state index in [-0.39, 0.29) is 0 Å². The number of benzene rings is 11. The summed E-state index contributed by atoms with van der Waals surface area (Å²) in [6, 6.07) is 93.2. The third kappa shape index (κ3) is 5.66. The first-order chi connectivity index (χ1) is 33.7. The number of para-hydroxylation sites is 3. The van der Waals surface area contributed by atoms with Crippen LogP contribution in [0.5, 0.6) is 0 Å². The number of fused-ring (bicyclic) bond motifs is 10. The van der Waals surface area contributed by atoms with Crippen LogP contribution in [0.1, 0.15) is 22.3 Å². The van der Waals surface area contributed by atoms with Crippen LogP contribution in [0.2, 0.25) is 0 Å². The highest BCUT2D eigenvalue weighted by atomic mass is 16.3. The van der Waals surface area contributed by atoms with E-state index in [1.165, 1.54) is 54.9 Å². The molecule has 0 N–H and O–H groups in total. The largest absolute Gasteiger partial charge is 0.454 e. The van der Waals surface area contributed by atoms with E-state index >= 15 is 0 Å².